The summed E-state index contributed by atoms with van der Waals surface area (Å²) in [6.07, 6.45) is -1.83. The van der Waals surface area contributed by atoms with Crippen molar-refractivity contribution >= 4 is 6.16 Å². The van der Waals surface area contributed by atoms with E-state index >= 15 is 0 Å². The molecular weight excluding hydrogens is 71.0 g/mol. The molecule has 0 bridgehead atoms. The predicted octanol–water partition coefficient (Wildman–Crippen LogP) is 0.859. The zero-order valence-electron chi connectivity index (χ0n) is 1.80. The van der Waals surface area contributed by atoms with Crippen LogP contribution in [0.25, 0.3) is 0 Å². The molecule has 5 heavy (non-hydrogen) atoms. The van der Waals surface area contributed by atoms with E-state index < -0.39 is 6.16 Å². The highest BCUT2D eigenvalue weighted by Gasteiger charge is 1.70. The first-order valence-electron chi connectivity index (χ1n) is 0.651. The molecule has 0 atom stereocenters. The second kappa shape index (κ2) is 3.27. The Balaban J connectivity index is 0. The van der Waals surface area contributed by atoms with Gasteiger partial charge in [0.05, 0.1) is 0 Å². The molecule has 0 aromatic rings. The molecule has 0 aliphatic rings. The lowest BCUT2D eigenvalue weighted by atomic mass is 11.0. The average Bonchev–Trinajstić information content (AvgIpc) is 0.811. The van der Waals surface area contributed by atoms with E-state index in [0.717, 1.165) is 0 Å². The summed E-state index contributed by atoms with van der Waals surface area (Å²) >= 11 is 0. The third kappa shape index (κ3) is 9.90. The molecule has 0 unspecified atom stereocenters. The van der Waals surface area contributed by atoms with Crippen LogP contribution in [0.1, 0.15) is 7.43 Å². The van der Waals surface area contributed by atoms with Crippen LogP contribution in [0.4, 0.5) is 4.79 Å². The summed E-state index contributed by atoms with van der Waals surface area (Å²) in [4.78, 5) is 8.56. The Hall–Kier alpha value is -0.730. The molecule has 0 rings (SSSR count). The summed E-state index contributed by atoms with van der Waals surface area (Å²) in [6, 6.07) is 0. The van der Waals surface area contributed by atoms with Crippen LogP contribution in [0.3, 0.4) is 0 Å². The van der Waals surface area contributed by atoms with Crippen LogP contribution in [0.15, 0.2) is 0 Å². The van der Waals surface area contributed by atoms with Crippen LogP contribution in [0, 0.1) is 0 Å². The van der Waals surface area contributed by atoms with Crippen molar-refractivity contribution < 1.29 is 15.0 Å². The third-order valence-electron chi connectivity index (χ3n) is 0. The predicted molar refractivity (Wildman–Crippen MR) is 17.4 cm³/mol. The lowest BCUT2D eigenvalue weighted by Crippen LogP contribution is -1.81. The Bertz CT molecular complexity index is 27.9. The Morgan fingerprint density at radius 2 is 1.40 bits per heavy atom. The molecule has 0 saturated carbocycles. The van der Waals surface area contributed by atoms with Gasteiger partial charge in [0.2, 0.25) is 0 Å². The number of carboxylic acid groups (broad SMARTS) is 2. The minimum atomic E-state index is -1.83. The SMILES string of the molecule is O=C(O)O.[11CH4]. The number of rotatable bonds is 0. The van der Waals surface area contributed by atoms with E-state index in [-0.39, 0.29) is 7.43 Å². The Morgan fingerprint density at radius 1 is 1.40 bits per heavy atom. The molecule has 2 N–H and O–H groups in total. The summed E-state index contributed by atoms with van der Waals surface area (Å²) < 4.78 is 0. The standard InChI is InChI=1S/CH2O3.CH4/c2-1(3)4;/h(H2,2,3,4);1H4/i;1-1. The zero-order chi connectivity index (χ0) is 3.58. The van der Waals surface area contributed by atoms with Gasteiger partial charge in [0, 0.05) is 0 Å². The van der Waals surface area contributed by atoms with Gasteiger partial charge in [0.25, 0.3) is 0 Å². The van der Waals surface area contributed by atoms with Crippen molar-refractivity contribution in [2.75, 3.05) is 0 Å². The van der Waals surface area contributed by atoms with E-state index in [9.17, 15) is 0 Å². The van der Waals surface area contributed by atoms with Gasteiger partial charge in [0.15, 0.2) is 0 Å². The third-order valence-corrected chi connectivity index (χ3v) is 0. The first kappa shape index (κ1) is 8.86. The quantitative estimate of drug-likeness (QED) is 0.450. The van der Waals surface area contributed by atoms with Crippen molar-refractivity contribution in [3.63, 3.8) is 0 Å². The molecule has 0 amide bonds. The van der Waals surface area contributed by atoms with E-state index in [4.69, 9.17) is 15.0 Å². The number of hydrogen-bond donors (Lipinski definition) is 2. The molecule has 0 radical (unpaired) electrons. The second-order valence-corrected chi connectivity index (χ2v) is 0.283. The first-order chi connectivity index (χ1) is 1.73. The van der Waals surface area contributed by atoms with Gasteiger partial charge in [-0.25, -0.2) is 4.79 Å². The Labute approximate surface area is 29.9 Å². The molecular formula is C2H6O3. The molecule has 0 heterocycles. The van der Waals surface area contributed by atoms with Crippen molar-refractivity contribution in [2.24, 2.45) is 0 Å². The van der Waals surface area contributed by atoms with Gasteiger partial charge >= 0.3 is 6.16 Å². The summed E-state index contributed by atoms with van der Waals surface area (Å²) in [5.74, 6) is 0. The number of hydrogen-bond acceptors (Lipinski definition) is 1. The fourth-order valence-electron chi connectivity index (χ4n) is 0. The maximum atomic E-state index is 8.56. The van der Waals surface area contributed by atoms with Crippen LogP contribution in [-0.2, 0) is 0 Å². The largest absolute Gasteiger partial charge is 0.503 e. The van der Waals surface area contributed by atoms with Crippen LogP contribution < -0.4 is 0 Å². The lowest BCUT2D eigenvalue weighted by Gasteiger charge is -1.60. The van der Waals surface area contributed by atoms with Gasteiger partial charge in [-0.05, 0) is 0 Å². The van der Waals surface area contributed by atoms with Crippen LogP contribution in [0.5, 0.6) is 0 Å². The van der Waals surface area contributed by atoms with Crippen molar-refractivity contribution in [3.05, 3.63) is 0 Å². The molecule has 0 aliphatic carbocycles. The molecule has 0 aromatic heterocycles. The average molecular weight is 77.1 g/mol. The molecule has 32 valence electrons. The monoisotopic (exact) mass is 77.0 g/mol. The molecule has 3 nitrogen and oxygen atoms in total. The lowest BCUT2D eigenvalue weighted by molar-refractivity contribution is 0.137. The summed E-state index contributed by atoms with van der Waals surface area (Å²) in [5.41, 5.74) is 0. The molecule has 3 heteroatoms. The minimum absolute atomic E-state index is 0. The van der Waals surface area contributed by atoms with Crippen LogP contribution in [-0.4, -0.2) is 16.4 Å². The second-order valence-electron chi connectivity index (χ2n) is 0.283. The zero-order valence-corrected chi connectivity index (χ0v) is 1.80. The summed E-state index contributed by atoms with van der Waals surface area (Å²) in [7, 11) is 0. The minimum Gasteiger partial charge on any atom is -0.450 e. The summed E-state index contributed by atoms with van der Waals surface area (Å²) in [6.45, 7) is 0. The molecule has 0 spiro atoms. The first-order valence-corrected chi connectivity index (χ1v) is 0.651. The maximum Gasteiger partial charge on any atom is 0.503 e. The van der Waals surface area contributed by atoms with Crippen LogP contribution in [0.2, 0.25) is 0 Å². The molecule has 0 saturated heterocycles. The Kier molecular flexibility index (Phi) is 5.79. The fourth-order valence-corrected chi connectivity index (χ4v) is 0. The maximum absolute atomic E-state index is 8.56. The van der Waals surface area contributed by atoms with Gasteiger partial charge in [-0.1, -0.05) is 7.43 Å². The van der Waals surface area contributed by atoms with E-state index in [1.54, 1.807) is 0 Å². The van der Waals surface area contributed by atoms with E-state index in [1.165, 1.54) is 0 Å². The number of carbonyl (C=O) groups is 1. The van der Waals surface area contributed by atoms with Gasteiger partial charge in [-0.2, -0.15) is 0 Å². The van der Waals surface area contributed by atoms with Gasteiger partial charge in [0.1, 0.15) is 0 Å². The van der Waals surface area contributed by atoms with Crippen molar-refractivity contribution in [3.8, 4) is 0 Å². The van der Waals surface area contributed by atoms with E-state index in [0.29, 0.717) is 0 Å². The Morgan fingerprint density at radius 3 is 1.40 bits per heavy atom. The fraction of sp³-hybridized carbons (Fsp3) is 0.500. The molecule has 0 fully saturated rings. The van der Waals surface area contributed by atoms with Crippen molar-refractivity contribution in [2.45, 2.75) is 7.43 Å². The van der Waals surface area contributed by atoms with E-state index in [1.807, 2.05) is 0 Å². The molecule has 0 aromatic carbocycles. The highest BCUT2D eigenvalue weighted by Crippen LogP contribution is 1.42. The van der Waals surface area contributed by atoms with Gasteiger partial charge in [-0.3, -0.25) is 0 Å². The van der Waals surface area contributed by atoms with Crippen LogP contribution >= 0.6 is 0 Å². The topological polar surface area (TPSA) is 57.5 Å². The van der Waals surface area contributed by atoms with Gasteiger partial charge < -0.3 is 10.2 Å². The normalized spacial score (nSPS) is 4.80. The highest BCUT2D eigenvalue weighted by molar-refractivity contribution is 5.53. The summed E-state index contributed by atoms with van der Waals surface area (Å²) in [5, 5.41) is 13.9. The van der Waals surface area contributed by atoms with Gasteiger partial charge in [-0.15, -0.1) is 0 Å². The van der Waals surface area contributed by atoms with Crippen molar-refractivity contribution in [1.29, 1.82) is 0 Å². The van der Waals surface area contributed by atoms with Crippen molar-refractivity contribution in [1.82, 2.24) is 0 Å². The molecule has 0 aliphatic heterocycles. The smallest absolute Gasteiger partial charge is 0.450 e. The van der Waals surface area contributed by atoms with E-state index in [2.05, 4.69) is 0 Å². The highest BCUT2D eigenvalue weighted by atomic mass is 16.6.